The van der Waals surface area contributed by atoms with Crippen LogP contribution in [0.25, 0.3) is 10.9 Å². The predicted molar refractivity (Wildman–Crippen MR) is 78.2 cm³/mol. The Morgan fingerprint density at radius 1 is 1.25 bits per heavy atom. The first kappa shape index (κ1) is 12.9. The number of carbonyl (C=O) groups is 1. The van der Waals surface area contributed by atoms with Crippen LogP contribution >= 0.6 is 0 Å². The monoisotopic (exact) mass is 266 g/mol. The maximum atomic E-state index is 12.4. The second-order valence-electron chi connectivity index (χ2n) is 5.63. The van der Waals surface area contributed by atoms with E-state index in [0.717, 1.165) is 23.7 Å². The molecule has 1 fully saturated rings. The minimum atomic E-state index is 0.250. The summed E-state index contributed by atoms with van der Waals surface area (Å²) in [7, 11) is 0. The van der Waals surface area contributed by atoms with Gasteiger partial charge in [0.1, 0.15) is 0 Å². The fourth-order valence-corrected chi connectivity index (χ4v) is 3.13. The molecule has 1 aliphatic rings. The molecule has 0 aliphatic heterocycles. The fraction of sp³-hybridized carbons (Fsp3) is 0.412. The fourth-order valence-electron chi connectivity index (χ4n) is 3.13. The number of benzene rings is 1. The first-order valence-electron chi connectivity index (χ1n) is 7.29. The quantitative estimate of drug-likeness (QED) is 0.851. The molecular weight excluding hydrogens is 248 g/mol. The second kappa shape index (κ2) is 5.50. The van der Waals surface area contributed by atoms with Crippen molar-refractivity contribution in [2.45, 2.75) is 38.6 Å². The van der Waals surface area contributed by atoms with Crippen LogP contribution in [0.5, 0.6) is 0 Å². The zero-order valence-corrected chi connectivity index (χ0v) is 11.5. The van der Waals surface area contributed by atoms with Crippen LogP contribution in [-0.4, -0.2) is 10.4 Å². The highest BCUT2D eigenvalue weighted by Crippen LogP contribution is 2.25. The Balaban J connectivity index is 1.80. The van der Waals surface area contributed by atoms with Gasteiger partial charge in [-0.15, -0.1) is 0 Å². The van der Waals surface area contributed by atoms with Crippen molar-refractivity contribution in [2.24, 2.45) is 5.92 Å². The largest absolute Gasteiger partial charge is 0.340 e. The van der Waals surface area contributed by atoms with E-state index in [0.29, 0.717) is 17.9 Å². The molecule has 0 N–H and O–H groups in total. The van der Waals surface area contributed by atoms with Gasteiger partial charge >= 0.3 is 0 Å². The first-order chi connectivity index (χ1) is 9.78. The standard InChI is InChI=1S/C17H18N2O/c18-11-13-6-7-16-15(10-13)8-9-19(16)12-17(20)14-4-2-1-3-5-14/h6-10,14H,1-5,12H2. The van der Waals surface area contributed by atoms with E-state index in [4.69, 9.17) is 5.26 Å². The van der Waals surface area contributed by atoms with Gasteiger partial charge in [0.25, 0.3) is 0 Å². The van der Waals surface area contributed by atoms with Crippen LogP contribution in [0.15, 0.2) is 30.5 Å². The molecule has 0 unspecified atom stereocenters. The molecule has 0 atom stereocenters. The molecular formula is C17H18N2O. The number of hydrogen-bond acceptors (Lipinski definition) is 2. The second-order valence-corrected chi connectivity index (χ2v) is 5.63. The third-order valence-corrected chi connectivity index (χ3v) is 4.29. The van der Waals surface area contributed by atoms with Gasteiger partial charge < -0.3 is 4.57 Å². The molecule has 0 radical (unpaired) electrons. The summed E-state index contributed by atoms with van der Waals surface area (Å²) in [5.41, 5.74) is 1.70. The number of nitriles is 1. The number of fused-ring (bicyclic) bond motifs is 1. The number of ketones is 1. The average Bonchev–Trinajstić information content (AvgIpc) is 2.90. The summed E-state index contributed by atoms with van der Waals surface area (Å²) in [5, 5.41) is 9.94. The summed E-state index contributed by atoms with van der Waals surface area (Å²) in [6, 6.07) is 9.74. The molecule has 1 aliphatic carbocycles. The molecule has 0 spiro atoms. The molecule has 1 saturated carbocycles. The van der Waals surface area contributed by atoms with Crippen molar-refractivity contribution in [2.75, 3.05) is 0 Å². The maximum Gasteiger partial charge on any atom is 0.155 e. The zero-order chi connectivity index (χ0) is 13.9. The van der Waals surface area contributed by atoms with E-state index in [9.17, 15) is 4.79 Å². The third-order valence-electron chi connectivity index (χ3n) is 4.29. The highest BCUT2D eigenvalue weighted by molar-refractivity contribution is 5.86. The number of hydrogen-bond donors (Lipinski definition) is 0. The lowest BCUT2D eigenvalue weighted by Gasteiger charge is -2.20. The molecule has 2 aromatic rings. The van der Waals surface area contributed by atoms with Gasteiger partial charge in [0, 0.05) is 23.0 Å². The Labute approximate surface area is 118 Å². The highest BCUT2D eigenvalue weighted by atomic mass is 16.1. The van der Waals surface area contributed by atoms with Crippen LogP contribution in [0.3, 0.4) is 0 Å². The predicted octanol–water partition coefficient (Wildman–Crippen LogP) is 3.66. The van der Waals surface area contributed by atoms with E-state index in [1.165, 1.54) is 19.3 Å². The van der Waals surface area contributed by atoms with Crippen LogP contribution < -0.4 is 0 Å². The third kappa shape index (κ3) is 2.46. The van der Waals surface area contributed by atoms with Gasteiger partial charge in [-0.05, 0) is 37.1 Å². The smallest absolute Gasteiger partial charge is 0.155 e. The van der Waals surface area contributed by atoms with Gasteiger partial charge in [-0.3, -0.25) is 4.79 Å². The molecule has 1 aromatic carbocycles. The van der Waals surface area contributed by atoms with Gasteiger partial charge in [0.2, 0.25) is 0 Å². The Kier molecular flexibility index (Phi) is 3.56. The normalized spacial score (nSPS) is 16.1. The van der Waals surface area contributed by atoms with Crippen molar-refractivity contribution >= 4 is 16.7 Å². The molecule has 3 heteroatoms. The van der Waals surface area contributed by atoms with Crippen molar-refractivity contribution < 1.29 is 4.79 Å². The van der Waals surface area contributed by atoms with Crippen molar-refractivity contribution in [1.29, 1.82) is 5.26 Å². The molecule has 0 bridgehead atoms. The topological polar surface area (TPSA) is 45.8 Å². The molecule has 102 valence electrons. The van der Waals surface area contributed by atoms with Gasteiger partial charge in [-0.1, -0.05) is 19.3 Å². The lowest BCUT2D eigenvalue weighted by atomic mass is 9.86. The van der Waals surface area contributed by atoms with E-state index in [1.54, 1.807) is 0 Å². The van der Waals surface area contributed by atoms with Crippen LogP contribution in [-0.2, 0) is 11.3 Å². The van der Waals surface area contributed by atoms with E-state index >= 15 is 0 Å². The molecule has 0 saturated heterocycles. The molecule has 1 heterocycles. The summed E-state index contributed by atoms with van der Waals surface area (Å²) < 4.78 is 2.01. The van der Waals surface area contributed by atoms with Crippen molar-refractivity contribution in [3.8, 4) is 6.07 Å². The van der Waals surface area contributed by atoms with Gasteiger partial charge in [0.15, 0.2) is 5.78 Å². The highest BCUT2D eigenvalue weighted by Gasteiger charge is 2.21. The molecule has 3 nitrogen and oxygen atoms in total. The number of Topliss-reactive ketones (excluding diaryl/α,β-unsaturated/α-hetero) is 1. The summed E-state index contributed by atoms with van der Waals surface area (Å²) in [6.45, 7) is 0.458. The Hall–Kier alpha value is -2.08. The summed E-state index contributed by atoms with van der Waals surface area (Å²) in [6.07, 6.45) is 7.70. The molecule has 20 heavy (non-hydrogen) atoms. The van der Waals surface area contributed by atoms with Crippen LogP contribution in [0, 0.1) is 17.2 Å². The Morgan fingerprint density at radius 3 is 2.80 bits per heavy atom. The van der Waals surface area contributed by atoms with Crippen LogP contribution in [0.4, 0.5) is 0 Å². The maximum absolute atomic E-state index is 12.4. The number of aromatic nitrogens is 1. The average molecular weight is 266 g/mol. The Morgan fingerprint density at radius 2 is 2.05 bits per heavy atom. The van der Waals surface area contributed by atoms with Crippen LogP contribution in [0.2, 0.25) is 0 Å². The number of nitrogens with zero attached hydrogens (tertiary/aromatic N) is 2. The lowest BCUT2D eigenvalue weighted by Crippen LogP contribution is -2.22. The number of rotatable bonds is 3. The minimum absolute atomic E-state index is 0.250. The summed E-state index contributed by atoms with van der Waals surface area (Å²) in [5.74, 6) is 0.603. The van der Waals surface area contributed by atoms with E-state index in [-0.39, 0.29) is 5.92 Å². The molecule has 3 rings (SSSR count). The lowest BCUT2D eigenvalue weighted by molar-refractivity contribution is -0.124. The van der Waals surface area contributed by atoms with E-state index < -0.39 is 0 Å². The van der Waals surface area contributed by atoms with E-state index in [2.05, 4.69) is 6.07 Å². The Bertz CT molecular complexity index is 672. The van der Waals surface area contributed by atoms with Crippen LogP contribution in [0.1, 0.15) is 37.7 Å². The van der Waals surface area contributed by atoms with Crippen molar-refractivity contribution in [1.82, 2.24) is 4.57 Å². The summed E-state index contributed by atoms with van der Waals surface area (Å²) in [4.78, 5) is 12.4. The summed E-state index contributed by atoms with van der Waals surface area (Å²) >= 11 is 0. The first-order valence-corrected chi connectivity index (χ1v) is 7.29. The van der Waals surface area contributed by atoms with Gasteiger partial charge in [0.05, 0.1) is 18.2 Å². The number of carbonyl (C=O) groups excluding carboxylic acids is 1. The van der Waals surface area contributed by atoms with E-state index in [1.807, 2.05) is 35.0 Å². The van der Waals surface area contributed by atoms with Gasteiger partial charge in [-0.2, -0.15) is 5.26 Å². The molecule has 1 aromatic heterocycles. The minimum Gasteiger partial charge on any atom is -0.340 e. The van der Waals surface area contributed by atoms with Crippen molar-refractivity contribution in [3.05, 3.63) is 36.0 Å². The SMILES string of the molecule is N#Cc1ccc2c(ccn2CC(=O)C2CCCCC2)c1. The van der Waals surface area contributed by atoms with Crippen molar-refractivity contribution in [3.63, 3.8) is 0 Å². The van der Waals surface area contributed by atoms with Gasteiger partial charge in [-0.25, -0.2) is 0 Å². The zero-order valence-electron chi connectivity index (χ0n) is 11.5. The molecule has 0 amide bonds.